The molecule has 1 saturated heterocycles. The Morgan fingerprint density at radius 1 is 1.60 bits per heavy atom. The molecule has 15 heavy (non-hydrogen) atoms. The van der Waals surface area contributed by atoms with Crippen LogP contribution in [0.5, 0.6) is 0 Å². The number of ether oxygens (including phenoxy) is 1. The molecule has 0 saturated carbocycles. The molecule has 2 rings (SSSR count). The Balaban J connectivity index is 1.75. The van der Waals surface area contributed by atoms with E-state index in [4.69, 9.17) is 10.5 Å². The lowest BCUT2D eigenvalue weighted by molar-refractivity contribution is 0.107. The topological polar surface area (TPSA) is 56.3 Å². The van der Waals surface area contributed by atoms with Crippen molar-refractivity contribution in [2.45, 2.75) is 19.1 Å². The summed E-state index contributed by atoms with van der Waals surface area (Å²) in [5.74, 6) is 0.589. The van der Waals surface area contributed by atoms with E-state index in [1.807, 2.05) is 16.9 Å². The number of nitrogens with two attached hydrogens (primary N) is 1. The van der Waals surface area contributed by atoms with Crippen LogP contribution in [0.2, 0.25) is 0 Å². The molecule has 1 aliphatic heterocycles. The average molecular weight is 210 g/mol. The van der Waals surface area contributed by atoms with Crippen molar-refractivity contribution >= 4 is 5.82 Å². The Kier molecular flexibility index (Phi) is 3.23. The van der Waals surface area contributed by atoms with Crippen LogP contribution in [0.25, 0.3) is 0 Å². The third kappa shape index (κ3) is 2.70. The van der Waals surface area contributed by atoms with E-state index in [0.717, 1.165) is 32.6 Å². The Labute approximate surface area is 89.8 Å². The molecular formula is C10H18N4O. The molecule has 1 aliphatic rings. The molecule has 0 spiro atoms. The Hall–Kier alpha value is -1.07. The maximum absolute atomic E-state index is 5.54. The van der Waals surface area contributed by atoms with Gasteiger partial charge in [-0.2, -0.15) is 5.10 Å². The van der Waals surface area contributed by atoms with E-state index in [1.54, 1.807) is 7.11 Å². The van der Waals surface area contributed by atoms with Gasteiger partial charge in [-0.05, 0) is 12.5 Å². The second kappa shape index (κ2) is 4.63. The van der Waals surface area contributed by atoms with E-state index in [9.17, 15) is 0 Å². The summed E-state index contributed by atoms with van der Waals surface area (Å²) in [6.07, 6.45) is 3.46. The van der Waals surface area contributed by atoms with Crippen molar-refractivity contribution in [2.75, 3.05) is 32.5 Å². The highest BCUT2D eigenvalue weighted by molar-refractivity contribution is 5.23. The first kappa shape index (κ1) is 10.4. The van der Waals surface area contributed by atoms with Crippen LogP contribution in [-0.4, -0.2) is 47.5 Å². The number of hydrogen-bond donors (Lipinski definition) is 1. The number of nitrogen functional groups attached to an aromatic ring is 1. The van der Waals surface area contributed by atoms with E-state index >= 15 is 0 Å². The molecule has 84 valence electrons. The molecule has 0 aromatic carbocycles. The summed E-state index contributed by atoms with van der Waals surface area (Å²) in [7, 11) is 1.78. The van der Waals surface area contributed by atoms with Gasteiger partial charge in [-0.25, -0.2) is 0 Å². The molecule has 1 fully saturated rings. The van der Waals surface area contributed by atoms with Crippen LogP contribution in [0.3, 0.4) is 0 Å². The summed E-state index contributed by atoms with van der Waals surface area (Å²) in [4.78, 5) is 2.39. The lowest BCUT2D eigenvalue weighted by Gasteiger charge is -2.15. The van der Waals surface area contributed by atoms with Gasteiger partial charge >= 0.3 is 0 Å². The first-order valence-electron chi connectivity index (χ1n) is 5.32. The lowest BCUT2D eigenvalue weighted by atomic mass is 10.3. The SMILES string of the molecule is COC1CCN(CCn2ccc(N)n2)C1. The maximum atomic E-state index is 5.54. The van der Waals surface area contributed by atoms with Gasteiger partial charge in [0, 0.05) is 32.9 Å². The van der Waals surface area contributed by atoms with Crippen molar-refractivity contribution < 1.29 is 4.74 Å². The molecule has 2 N–H and O–H groups in total. The molecule has 1 aromatic rings. The summed E-state index contributed by atoms with van der Waals surface area (Å²) in [6.45, 7) is 4.07. The monoisotopic (exact) mass is 210 g/mol. The molecule has 5 nitrogen and oxygen atoms in total. The minimum atomic E-state index is 0.410. The van der Waals surface area contributed by atoms with Gasteiger partial charge in [0.05, 0.1) is 12.6 Å². The van der Waals surface area contributed by atoms with Crippen LogP contribution in [0.4, 0.5) is 5.82 Å². The zero-order chi connectivity index (χ0) is 10.7. The highest BCUT2D eigenvalue weighted by Crippen LogP contribution is 2.11. The number of anilines is 1. The standard InChI is InChI=1S/C10H18N4O/c1-15-9-2-4-13(8-9)6-7-14-5-3-10(11)12-14/h3,5,9H,2,4,6-8H2,1H3,(H2,11,12). The summed E-state index contributed by atoms with van der Waals surface area (Å²) < 4.78 is 7.20. The molecule has 0 aliphatic carbocycles. The van der Waals surface area contributed by atoms with Gasteiger partial charge < -0.3 is 10.5 Å². The van der Waals surface area contributed by atoms with E-state index in [1.165, 1.54) is 0 Å². The number of methoxy groups -OCH3 is 1. The number of nitrogens with zero attached hydrogens (tertiary/aromatic N) is 3. The van der Waals surface area contributed by atoms with Crippen LogP contribution in [0, 0.1) is 0 Å². The van der Waals surface area contributed by atoms with Gasteiger partial charge in [0.15, 0.2) is 0 Å². The maximum Gasteiger partial charge on any atom is 0.145 e. The van der Waals surface area contributed by atoms with Crippen LogP contribution < -0.4 is 5.73 Å². The third-order valence-electron chi connectivity index (χ3n) is 2.87. The van der Waals surface area contributed by atoms with Crippen LogP contribution >= 0.6 is 0 Å². The summed E-state index contributed by atoms with van der Waals surface area (Å²) >= 11 is 0. The summed E-state index contributed by atoms with van der Waals surface area (Å²) in [5, 5.41) is 4.15. The third-order valence-corrected chi connectivity index (χ3v) is 2.87. The smallest absolute Gasteiger partial charge is 0.145 e. The van der Waals surface area contributed by atoms with Gasteiger partial charge in [0.25, 0.3) is 0 Å². The van der Waals surface area contributed by atoms with Crippen molar-refractivity contribution in [3.05, 3.63) is 12.3 Å². The van der Waals surface area contributed by atoms with E-state index in [0.29, 0.717) is 11.9 Å². The molecule has 5 heteroatoms. The van der Waals surface area contributed by atoms with Crippen molar-refractivity contribution in [1.82, 2.24) is 14.7 Å². The van der Waals surface area contributed by atoms with E-state index in [-0.39, 0.29) is 0 Å². The first-order chi connectivity index (χ1) is 7.28. The highest BCUT2D eigenvalue weighted by atomic mass is 16.5. The lowest BCUT2D eigenvalue weighted by Crippen LogP contribution is -2.26. The molecule has 1 aromatic heterocycles. The zero-order valence-corrected chi connectivity index (χ0v) is 9.09. The van der Waals surface area contributed by atoms with E-state index < -0.39 is 0 Å². The summed E-state index contributed by atoms with van der Waals surface area (Å²) in [6, 6.07) is 1.82. The van der Waals surface area contributed by atoms with Gasteiger partial charge in [-0.1, -0.05) is 0 Å². The van der Waals surface area contributed by atoms with Gasteiger partial charge in [-0.3, -0.25) is 9.58 Å². The zero-order valence-electron chi connectivity index (χ0n) is 9.09. The van der Waals surface area contributed by atoms with Crippen molar-refractivity contribution in [1.29, 1.82) is 0 Å². The average Bonchev–Trinajstić information content (AvgIpc) is 2.83. The molecule has 0 radical (unpaired) electrons. The van der Waals surface area contributed by atoms with Gasteiger partial charge in [0.1, 0.15) is 5.82 Å². The van der Waals surface area contributed by atoms with E-state index in [2.05, 4.69) is 10.00 Å². The molecule has 1 unspecified atom stereocenters. The van der Waals surface area contributed by atoms with Crippen molar-refractivity contribution in [2.24, 2.45) is 0 Å². The number of rotatable bonds is 4. The normalized spacial score (nSPS) is 22.3. The second-order valence-corrected chi connectivity index (χ2v) is 3.95. The van der Waals surface area contributed by atoms with Crippen LogP contribution in [0.1, 0.15) is 6.42 Å². The first-order valence-corrected chi connectivity index (χ1v) is 5.32. The predicted molar refractivity (Wildman–Crippen MR) is 58.5 cm³/mol. The van der Waals surface area contributed by atoms with Crippen molar-refractivity contribution in [3.63, 3.8) is 0 Å². The fourth-order valence-corrected chi connectivity index (χ4v) is 1.94. The van der Waals surface area contributed by atoms with Crippen LogP contribution in [-0.2, 0) is 11.3 Å². The molecule has 1 atom stereocenters. The summed E-state index contributed by atoms with van der Waals surface area (Å²) in [5.41, 5.74) is 5.54. The van der Waals surface area contributed by atoms with Gasteiger partial charge in [-0.15, -0.1) is 0 Å². The van der Waals surface area contributed by atoms with Gasteiger partial charge in [0.2, 0.25) is 0 Å². The minimum absolute atomic E-state index is 0.410. The molecule has 2 heterocycles. The Bertz CT molecular complexity index is 312. The van der Waals surface area contributed by atoms with Crippen LogP contribution in [0.15, 0.2) is 12.3 Å². The molecular weight excluding hydrogens is 192 g/mol. The molecule has 0 amide bonds. The largest absolute Gasteiger partial charge is 0.382 e. The Morgan fingerprint density at radius 2 is 2.47 bits per heavy atom. The van der Waals surface area contributed by atoms with Crippen molar-refractivity contribution in [3.8, 4) is 0 Å². The number of likely N-dealkylation sites (tertiary alicyclic amines) is 1. The minimum Gasteiger partial charge on any atom is -0.382 e. The Morgan fingerprint density at radius 3 is 3.07 bits per heavy atom. The number of aromatic nitrogens is 2. The fraction of sp³-hybridized carbons (Fsp3) is 0.700. The molecule has 0 bridgehead atoms. The number of hydrogen-bond acceptors (Lipinski definition) is 4. The second-order valence-electron chi connectivity index (χ2n) is 3.95. The predicted octanol–water partition coefficient (Wildman–Crippen LogP) is 0.186. The highest BCUT2D eigenvalue weighted by Gasteiger charge is 2.21. The fourth-order valence-electron chi connectivity index (χ4n) is 1.94. The quantitative estimate of drug-likeness (QED) is 0.770.